The van der Waals surface area contributed by atoms with E-state index in [9.17, 15) is 9.59 Å². The summed E-state index contributed by atoms with van der Waals surface area (Å²) in [5.41, 5.74) is 1.07. The number of carbonyl (C=O) groups is 2. The SMILES string of the molecule is [CH2]C(=O)NCc1ccc(C(=O)O)cc1. The maximum Gasteiger partial charge on any atom is 0.335 e. The summed E-state index contributed by atoms with van der Waals surface area (Å²) in [6, 6.07) is 6.29. The van der Waals surface area contributed by atoms with E-state index in [1.807, 2.05) is 0 Å². The summed E-state index contributed by atoms with van der Waals surface area (Å²) in [7, 11) is 0. The second kappa shape index (κ2) is 4.41. The Morgan fingerprint density at radius 2 is 1.86 bits per heavy atom. The Labute approximate surface area is 81.6 Å². The van der Waals surface area contributed by atoms with E-state index in [4.69, 9.17) is 5.11 Å². The van der Waals surface area contributed by atoms with Crippen LogP contribution < -0.4 is 5.32 Å². The van der Waals surface area contributed by atoms with Crippen LogP contribution in [0.1, 0.15) is 15.9 Å². The highest BCUT2D eigenvalue weighted by atomic mass is 16.4. The molecule has 0 aliphatic heterocycles. The van der Waals surface area contributed by atoms with Gasteiger partial charge < -0.3 is 10.4 Å². The molecule has 4 nitrogen and oxygen atoms in total. The summed E-state index contributed by atoms with van der Waals surface area (Å²) in [5.74, 6) is -1.31. The molecule has 0 saturated carbocycles. The smallest absolute Gasteiger partial charge is 0.335 e. The van der Waals surface area contributed by atoms with Gasteiger partial charge in [0, 0.05) is 13.5 Å². The van der Waals surface area contributed by atoms with Crippen molar-refractivity contribution in [2.75, 3.05) is 0 Å². The fraction of sp³-hybridized carbons (Fsp3) is 0.100. The molecule has 0 atom stereocenters. The molecule has 0 saturated heterocycles. The molecule has 4 heteroatoms. The van der Waals surface area contributed by atoms with Crippen molar-refractivity contribution in [3.63, 3.8) is 0 Å². The molecule has 0 unspecified atom stereocenters. The Morgan fingerprint density at radius 3 is 2.29 bits per heavy atom. The van der Waals surface area contributed by atoms with E-state index >= 15 is 0 Å². The van der Waals surface area contributed by atoms with Crippen LogP contribution in [0.2, 0.25) is 0 Å². The molecule has 0 aliphatic rings. The minimum atomic E-state index is -0.960. The second-order valence-corrected chi connectivity index (χ2v) is 2.78. The van der Waals surface area contributed by atoms with E-state index < -0.39 is 5.97 Å². The maximum atomic E-state index is 10.5. The van der Waals surface area contributed by atoms with Gasteiger partial charge in [-0.3, -0.25) is 4.79 Å². The molecule has 0 aliphatic carbocycles. The second-order valence-electron chi connectivity index (χ2n) is 2.78. The molecule has 0 aromatic heterocycles. The van der Waals surface area contributed by atoms with Crippen LogP contribution in [-0.2, 0) is 11.3 Å². The molecule has 73 valence electrons. The van der Waals surface area contributed by atoms with Crippen LogP contribution in [0.3, 0.4) is 0 Å². The number of carboxylic acids is 1. The highest BCUT2D eigenvalue weighted by molar-refractivity contribution is 5.87. The molecule has 0 spiro atoms. The van der Waals surface area contributed by atoms with Gasteiger partial charge in [0.1, 0.15) is 0 Å². The van der Waals surface area contributed by atoms with E-state index in [1.165, 1.54) is 12.1 Å². The van der Waals surface area contributed by atoms with Crippen molar-refractivity contribution in [3.8, 4) is 0 Å². The van der Waals surface area contributed by atoms with E-state index in [2.05, 4.69) is 12.2 Å². The van der Waals surface area contributed by atoms with Crippen molar-refractivity contribution in [2.45, 2.75) is 6.54 Å². The zero-order valence-corrected chi connectivity index (χ0v) is 7.49. The Bertz CT molecular complexity index is 343. The maximum absolute atomic E-state index is 10.5. The molecule has 1 aromatic carbocycles. The summed E-state index contributed by atoms with van der Waals surface area (Å²) in [5, 5.41) is 11.1. The number of amides is 1. The standard InChI is InChI=1S/C10H10NO3/c1-7(12)11-6-8-2-4-9(5-3-8)10(13)14/h2-5H,1,6H2,(H,11,12)(H,13,14). The van der Waals surface area contributed by atoms with Crippen LogP contribution in [0.15, 0.2) is 24.3 Å². The van der Waals surface area contributed by atoms with Crippen LogP contribution in [0.25, 0.3) is 0 Å². The summed E-state index contributed by atoms with van der Waals surface area (Å²) in [6.07, 6.45) is 0. The van der Waals surface area contributed by atoms with Crippen LogP contribution in [-0.4, -0.2) is 17.0 Å². The molecule has 0 heterocycles. The van der Waals surface area contributed by atoms with Crippen LogP contribution in [0.5, 0.6) is 0 Å². The first-order chi connectivity index (χ1) is 6.59. The summed E-state index contributed by atoms with van der Waals surface area (Å²) in [6.45, 7) is 3.52. The highest BCUT2D eigenvalue weighted by Gasteiger charge is 2.01. The predicted octanol–water partition coefficient (Wildman–Crippen LogP) is 0.835. The fourth-order valence-corrected chi connectivity index (χ4v) is 0.966. The first-order valence-corrected chi connectivity index (χ1v) is 4.01. The van der Waals surface area contributed by atoms with Gasteiger partial charge in [-0.2, -0.15) is 0 Å². The van der Waals surface area contributed by atoms with Gasteiger partial charge in [0.25, 0.3) is 0 Å². The van der Waals surface area contributed by atoms with Gasteiger partial charge in [0.05, 0.1) is 5.56 Å². The zero-order chi connectivity index (χ0) is 10.6. The van der Waals surface area contributed by atoms with Crippen LogP contribution >= 0.6 is 0 Å². The normalized spacial score (nSPS) is 9.50. The van der Waals surface area contributed by atoms with Gasteiger partial charge in [0.15, 0.2) is 0 Å². The Kier molecular flexibility index (Phi) is 3.23. The van der Waals surface area contributed by atoms with Gasteiger partial charge in [-0.15, -0.1) is 0 Å². The summed E-state index contributed by atoms with van der Waals surface area (Å²) in [4.78, 5) is 21.0. The lowest BCUT2D eigenvalue weighted by atomic mass is 10.1. The highest BCUT2D eigenvalue weighted by Crippen LogP contribution is 2.03. The van der Waals surface area contributed by atoms with Gasteiger partial charge >= 0.3 is 5.97 Å². The lowest BCUT2D eigenvalue weighted by Crippen LogP contribution is -2.19. The average Bonchev–Trinajstić information content (AvgIpc) is 2.15. The van der Waals surface area contributed by atoms with Crippen molar-refractivity contribution < 1.29 is 14.7 Å². The van der Waals surface area contributed by atoms with Crippen LogP contribution in [0, 0.1) is 6.92 Å². The van der Waals surface area contributed by atoms with E-state index in [-0.39, 0.29) is 11.5 Å². The topological polar surface area (TPSA) is 66.4 Å². The Hall–Kier alpha value is -1.84. The zero-order valence-electron chi connectivity index (χ0n) is 7.49. The molecule has 1 aromatic rings. The third kappa shape index (κ3) is 2.90. The number of hydrogen-bond donors (Lipinski definition) is 2. The minimum Gasteiger partial charge on any atom is -0.478 e. The minimum absolute atomic E-state index is 0.231. The number of aromatic carboxylic acids is 1. The Balaban J connectivity index is 2.64. The van der Waals surface area contributed by atoms with E-state index in [1.54, 1.807) is 12.1 Å². The first kappa shape index (κ1) is 10.2. The van der Waals surface area contributed by atoms with Gasteiger partial charge in [-0.05, 0) is 17.7 Å². The predicted molar refractivity (Wildman–Crippen MR) is 50.6 cm³/mol. The number of hydrogen-bond acceptors (Lipinski definition) is 2. The molecule has 1 radical (unpaired) electrons. The molecular weight excluding hydrogens is 182 g/mol. The number of carbonyl (C=O) groups excluding carboxylic acids is 1. The molecule has 0 bridgehead atoms. The van der Waals surface area contributed by atoms with Crippen molar-refractivity contribution in [3.05, 3.63) is 42.3 Å². The van der Waals surface area contributed by atoms with Gasteiger partial charge in [-0.25, -0.2) is 4.79 Å². The van der Waals surface area contributed by atoms with Crippen molar-refractivity contribution in [1.82, 2.24) is 5.32 Å². The largest absolute Gasteiger partial charge is 0.478 e. The van der Waals surface area contributed by atoms with Gasteiger partial charge in [0.2, 0.25) is 5.91 Å². The quantitative estimate of drug-likeness (QED) is 0.745. The first-order valence-electron chi connectivity index (χ1n) is 4.01. The fourth-order valence-electron chi connectivity index (χ4n) is 0.966. The molecule has 14 heavy (non-hydrogen) atoms. The molecule has 0 fully saturated rings. The number of carboxylic acid groups (broad SMARTS) is 1. The molecular formula is C10H10NO3. The van der Waals surface area contributed by atoms with E-state index in [0.717, 1.165) is 5.56 Å². The third-order valence-corrected chi connectivity index (χ3v) is 1.69. The molecule has 1 amide bonds. The monoisotopic (exact) mass is 192 g/mol. The lowest BCUT2D eigenvalue weighted by Gasteiger charge is -2.02. The summed E-state index contributed by atoms with van der Waals surface area (Å²) >= 11 is 0. The summed E-state index contributed by atoms with van der Waals surface area (Å²) < 4.78 is 0. The van der Waals surface area contributed by atoms with E-state index in [0.29, 0.717) is 6.54 Å². The average molecular weight is 192 g/mol. The van der Waals surface area contributed by atoms with Crippen molar-refractivity contribution >= 4 is 11.9 Å². The van der Waals surface area contributed by atoms with Crippen molar-refractivity contribution in [1.29, 1.82) is 0 Å². The number of nitrogens with one attached hydrogen (secondary N) is 1. The molecule has 1 rings (SSSR count). The Morgan fingerprint density at radius 1 is 1.29 bits per heavy atom. The lowest BCUT2D eigenvalue weighted by molar-refractivity contribution is -0.116. The van der Waals surface area contributed by atoms with Crippen LogP contribution in [0.4, 0.5) is 0 Å². The third-order valence-electron chi connectivity index (χ3n) is 1.69. The van der Waals surface area contributed by atoms with Gasteiger partial charge in [-0.1, -0.05) is 12.1 Å². The van der Waals surface area contributed by atoms with Crippen molar-refractivity contribution in [2.24, 2.45) is 0 Å². The number of benzene rings is 1. The number of rotatable bonds is 3. The molecule has 2 N–H and O–H groups in total.